The fraction of sp³-hybridized carbons (Fsp3) is 0.150. The predicted octanol–water partition coefficient (Wildman–Crippen LogP) is 1.64. The van der Waals surface area contributed by atoms with E-state index in [1.807, 2.05) is 18.2 Å². The summed E-state index contributed by atoms with van der Waals surface area (Å²) in [5.41, 5.74) is 8.07. The van der Waals surface area contributed by atoms with Gasteiger partial charge in [-0.15, -0.1) is 6.42 Å². The van der Waals surface area contributed by atoms with Crippen molar-refractivity contribution in [3.8, 4) is 12.3 Å². The van der Waals surface area contributed by atoms with Gasteiger partial charge >= 0.3 is 5.97 Å². The van der Waals surface area contributed by atoms with E-state index in [1.165, 1.54) is 4.90 Å². The van der Waals surface area contributed by atoms with Gasteiger partial charge in [-0.2, -0.15) is 0 Å². The van der Waals surface area contributed by atoms with E-state index < -0.39 is 30.4 Å². The Morgan fingerprint density at radius 2 is 2.00 bits per heavy atom. The van der Waals surface area contributed by atoms with Crippen molar-refractivity contribution in [3.05, 3.63) is 70.8 Å². The number of carboxylic acid groups (broad SMARTS) is 1. The lowest BCUT2D eigenvalue weighted by atomic mass is 9.78. The van der Waals surface area contributed by atoms with Gasteiger partial charge in [0.05, 0.1) is 0 Å². The van der Waals surface area contributed by atoms with Gasteiger partial charge in [0.15, 0.2) is 0 Å². The first-order chi connectivity index (χ1) is 12.4. The molecule has 1 aliphatic rings. The number of carboxylic acids is 1. The van der Waals surface area contributed by atoms with Crippen molar-refractivity contribution in [1.29, 1.82) is 5.41 Å². The van der Waals surface area contributed by atoms with Crippen molar-refractivity contribution >= 4 is 17.7 Å². The molecular weight excluding hydrogens is 330 g/mol. The normalized spacial score (nSPS) is 18.7. The van der Waals surface area contributed by atoms with E-state index in [4.69, 9.17) is 17.6 Å². The average molecular weight is 347 g/mol. The number of aliphatic carboxylic acids is 1. The monoisotopic (exact) mass is 347 g/mol. The Morgan fingerprint density at radius 1 is 1.27 bits per heavy atom. The Kier molecular flexibility index (Phi) is 4.46. The van der Waals surface area contributed by atoms with Crippen LogP contribution >= 0.6 is 0 Å². The van der Waals surface area contributed by atoms with Gasteiger partial charge in [0, 0.05) is 17.0 Å². The number of nitrogen functional groups attached to an aromatic ring is 1. The van der Waals surface area contributed by atoms with Crippen molar-refractivity contribution < 1.29 is 14.7 Å². The topological polar surface area (TPSA) is 107 Å². The molecular formula is C20H17N3O3. The van der Waals surface area contributed by atoms with Crippen LogP contribution in [0.3, 0.4) is 0 Å². The summed E-state index contributed by atoms with van der Waals surface area (Å²) < 4.78 is 0. The number of benzene rings is 2. The van der Waals surface area contributed by atoms with Crippen LogP contribution < -0.4 is 5.73 Å². The molecule has 130 valence electrons. The number of rotatable bonds is 4. The van der Waals surface area contributed by atoms with Crippen LogP contribution in [0.2, 0.25) is 0 Å². The number of nitrogens with two attached hydrogens (primary N) is 1. The number of carbonyl (C=O) groups is 2. The molecule has 0 aromatic heterocycles. The first-order valence-electron chi connectivity index (χ1n) is 7.96. The molecule has 1 heterocycles. The maximum atomic E-state index is 12.8. The standard InChI is InChI=1S/C20H17N3O3/c1-2-16-18(12-6-5-7-13(10-12)19(21)22)14-8-3-4-9-15(14)20(26)23(16)11-17(24)25/h1,3-10,16,18H,11H2,(H3,21,22)(H,24,25). The zero-order valence-electron chi connectivity index (χ0n) is 13.8. The molecule has 0 radical (unpaired) electrons. The third-order valence-electron chi connectivity index (χ3n) is 4.47. The summed E-state index contributed by atoms with van der Waals surface area (Å²) in [6.45, 7) is -0.481. The minimum absolute atomic E-state index is 0.0772. The number of amides is 1. The van der Waals surface area contributed by atoms with E-state index in [9.17, 15) is 14.7 Å². The zero-order chi connectivity index (χ0) is 18.8. The summed E-state index contributed by atoms with van der Waals surface area (Å²) in [4.78, 5) is 25.3. The van der Waals surface area contributed by atoms with E-state index in [1.54, 1.807) is 30.3 Å². The second kappa shape index (κ2) is 6.73. The maximum absolute atomic E-state index is 12.8. The molecule has 6 heteroatoms. The maximum Gasteiger partial charge on any atom is 0.323 e. The van der Waals surface area contributed by atoms with Crippen LogP contribution in [0, 0.1) is 17.8 Å². The summed E-state index contributed by atoms with van der Waals surface area (Å²) >= 11 is 0. The quantitative estimate of drug-likeness (QED) is 0.444. The van der Waals surface area contributed by atoms with Crippen molar-refractivity contribution in [2.45, 2.75) is 12.0 Å². The van der Waals surface area contributed by atoms with Crippen molar-refractivity contribution in [3.63, 3.8) is 0 Å². The van der Waals surface area contributed by atoms with Gasteiger partial charge in [-0.1, -0.05) is 42.3 Å². The Bertz CT molecular complexity index is 945. The largest absolute Gasteiger partial charge is 0.480 e. The molecule has 6 nitrogen and oxygen atoms in total. The molecule has 2 aromatic rings. The lowest BCUT2D eigenvalue weighted by Crippen LogP contribution is -2.49. The van der Waals surface area contributed by atoms with Gasteiger partial charge in [-0.3, -0.25) is 15.0 Å². The van der Waals surface area contributed by atoms with E-state index in [0.717, 1.165) is 11.1 Å². The molecule has 0 aliphatic carbocycles. The number of amidine groups is 1. The SMILES string of the molecule is C#CC1C(c2cccc(C(=N)N)c2)c2ccccc2C(=O)N1CC(=O)O. The minimum Gasteiger partial charge on any atom is -0.480 e. The molecule has 3 rings (SSSR count). The minimum atomic E-state index is -1.13. The van der Waals surface area contributed by atoms with Gasteiger partial charge in [0.2, 0.25) is 0 Å². The highest BCUT2D eigenvalue weighted by molar-refractivity contribution is 6.00. The highest BCUT2D eigenvalue weighted by atomic mass is 16.4. The van der Waals surface area contributed by atoms with E-state index in [2.05, 4.69) is 5.92 Å². The molecule has 26 heavy (non-hydrogen) atoms. The second-order valence-electron chi connectivity index (χ2n) is 6.04. The van der Waals surface area contributed by atoms with Crippen molar-refractivity contribution in [2.24, 2.45) is 5.73 Å². The first-order valence-corrected chi connectivity index (χ1v) is 7.96. The van der Waals surface area contributed by atoms with Gasteiger partial charge in [-0.05, 0) is 23.3 Å². The van der Waals surface area contributed by atoms with Crippen LogP contribution in [0.1, 0.15) is 33.0 Å². The average Bonchev–Trinajstić information content (AvgIpc) is 2.63. The lowest BCUT2D eigenvalue weighted by molar-refractivity contribution is -0.138. The van der Waals surface area contributed by atoms with Crippen molar-refractivity contribution in [1.82, 2.24) is 4.90 Å². The van der Waals surface area contributed by atoms with Gasteiger partial charge in [0.1, 0.15) is 18.4 Å². The molecule has 0 spiro atoms. The molecule has 4 N–H and O–H groups in total. The number of hydrogen-bond donors (Lipinski definition) is 3. The van der Waals surface area contributed by atoms with Crippen LogP contribution in [0.15, 0.2) is 48.5 Å². The smallest absolute Gasteiger partial charge is 0.323 e. The van der Waals surface area contributed by atoms with Gasteiger partial charge in [-0.25, -0.2) is 0 Å². The molecule has 2 aromatic carbocycles. The fourth-order valence-corrected chi connectivity index (χ4v) is 3.36. The van der Waals surface area contributed by atoms with Gasteiger partial charge in [0.25, 0.3) is 5.91 Å². The number of terminal acetylenes is 1. The Labute approximate surface area is 150 Å². The molecule has 0 saturated heterocycles. The lowest BCUT2D eigenvalue weighted by Gasteiger charge is -2.39. The zero-order valence-corrected chi connectivity index (χ0v) is 13.8. The third kappa shape index (κ3) is 2.91. The number of nitrogens with one attached hydrogen (secondary N) is 1. The third-order valence-corrected chi connectivity index (χ3v) is 4.47. The summed E-state index contributed by atoms with van der Waals surface area (Å²) in [6.07, 6.45) is 5.71. The summed E-state index contributed by atoms with van der Waals surface area (Å²) in [5.74, 6) is 0.569. The van der Waals surface area contributed by atoms with Crippen LogP contribution in [0.4, 0.5) is 0 Å². The number of carbonyl (C=O) groups excluding carboxylic acids is 1. The summed E-state index contributed by atoms with van der Waals surface area (Å²) in [5, 5.41) is 16.9. The second-order valence-corrected chi connectivity index (χ2v) is 6.04. The number of hydrogen-bond acceptors (Lipinski definition) is 3. The highest BCUT2D eigenvalue weighted by Crippen LogP contribution is 2.38. The molecule has 0 fully saturated rings. The van der Waals surface area contributed by atoms with Crippen molar-refractivity contribution in [2.75, 3.05) is 6.54 Å². The Hall–Kier alpha value is -3.59. The van der Waals surface area contributed by atoms with E-state index in [0.29, 0.717) is 11.1 Å². The molecule has 2 unspecified atom stereocenters. The fourth-order valence-electron chi connectivity index (χ4n) is 3.36. The predicted molar refractivity (Wildman–Crippen MR) is 97.0 cm³/mol. The molecule has 1 aliphatic heterocycles. The first kappa shape index (κ1) is 17.2. The highest BCUT2D eigenvalue weighted by Gasteiger charge is 2.40. The molecule has 0 bridgehead atoms. The van der Waals surface area contributed by atoms with Crippen LogP contribution in [-0.2, 0) is 4.79 Å². The number of fused-ring (bicyclic) bond motifs is 1. The van der Waals surface area contributed by atoms with Crippen LogP contribution in [0.5, 0.6) is 0 Å². The molecule has 1 amide bonds. The molecule has 0 saturated carbocycles. The summed E-state index contributed by atoms with van der Waals surface area (Å²) in [7, 11) is 0. The Morgan fingerprint density at radius 3 is 2.65 bits per heavy atom. The Balaban J connectivity index is 2.21. The van der Waals surface area contributed by atoms with E-state index in [-0.39, 0.29) is 5.84 Å². The van der Waals surface area contributed by atoms with E-state index >= 15 is 0 Å². The summed E-state index contributed by atoms with van der Waals surface area (Å²) in [6, 6.07) is 13.4. The van der Waals surface area contributed by atoms with Gasteiger partial charge < -0.3 is 15.7 Å². The van der Waals surface area contributed by atoms with Crippen LogP contribution in [-0.4, -0.2) is 40.3 Å². The molecule has 2 atom stereocenters. The van der Waals surface area contributed by atoms with Crippen LogP contribution in [0.25, 0.3) is 0 Å². The number of nitrogens with zero attached hydrogens (tertiary/aromatic N) is 1.